The van der Waals surface area contributed by atoms with Gasteiger partial charge in [-0.1, -0.05) is 18.2 Å². The molecule has 1 aromatic carbocycles. The molecule has 0 aliphatic heterocycles. The Morgan fingerprint density at radius 2 is 1.92 bits per heavy atom. The summed E-state index contributed by atoms with van der Waals surface area (Å²) in [4.78, 5) is 0. The van der Waals surface area contributed by atoms with Crippen LogP contribution in [0.3, 0.4) is 0 Å². The molecule has 68 valence electrons. The molecule has 0 bridgehead atoms. The van der Waals surface area contributed by atoms with Crippen LogP contribution >= 0.6 is 12.4 Å². The Balaban J connectivity index is 0.00000121. The van der Waals surface area contributed by atoms with Crippen LogP contribution in [-0.2, 0) is 0 Å². The quantitative estimate of drug-likeness (QED) is 0.642. The summed E-state index contributed by atoms with van der Waals surface area (Å²) < 4.78 is 0. The van der Waals surface area contributed by atoms with Gasteiger partial charge in [-0.05, 0) is 6.07 Å². The van der Waals surface area contributed by atoms with E-state index in [2.05, 4.69) is 0 Å². The Morgan fingerprint density at radius 1 is 1.33 bits per heavy atom. The fraction of sp³-hybridized carbons (Fsp3) is 0.250. The van der Waals surface area contributed by atoms with Crippen LogP contribution in [0.1, 0.15) is 11.6 Å². The summed E-state index contributed by atoms with van der Waals surface area (Å²) in [7, 11) is 0. The number of phenols is 1. The summed E-state index contributed by atoms with van der Waals surface area (Å²) in [5.41, 5.74) is 11.7. The molecule has 3 nitrogen and oxygen atoms in total. The summed E-state index contributed by atoms with van der Waals surface area (Å²) in [6.07, 6.45) is 0. The van der Waals surface area contributed by atoms with E-state index in [1.165, 1.54) is 0 Å². The average Bonchev–Trinajstić information content (AvgIpc) is 2.04. The van der Waals surface area contributed by atoms with E-state index >= 15 is 0 Å². The zero-order valence-electron chi connectivity index (χ0n) is 6.60. The number of benzene rings is 1. The van der Waals surface area contributed by atoms with Crippen LogP contribution < -0.4 is 11.5 Å². The van der Waals surface area contributed by atoms with Crippen LogP contribution in [0.15, 0.2) is 24.3 Å². The summed E-state index contributed by atoms with van der Waals surface area (Å²) in [6.45, 7) is 0.345. The van der Waals surface area contributed by atoms with Crippen LogP contribution in [0.5, 0.6) is 5.75 Å². The fourth-order valence-corrected chi connectivity index (χ4v) is 0.928. The standard InChI is InChI=1S/C8H12N2O.ClH/c9-5-7(10)6-3-1-2-4-8(6)11;/h1-4,7,11H,5,9-10H2;1H/t7-;/m1./s1. The Labute approximate surface area is 77.8 Å². The summed E-state index contributed by atoms with van der Waals surface area (Å²) in [6, 6.07) is 6.68. The molecule has 0 aliphatic rings. The Kier molecular flexibility index (Phi) is 4.66. The first kappa shape index (κ1) is 11.2. The van der Waals surface area contributed by atoms with Gasteiger partial charge < -0.3 is 16.6 Å². The molecule has 0 radical (unpaired) electrons. The minimum atomic E-state index is -0.267. The molecule has 0 amide bonds. The van der Waals surface area contributed by atoms with Crippen LogP contribution in [0.2, 0.25) is 0 Å². The maximum Gasteiger partial charge on any atom is 0.120 e. The molecular formula is C8H13ClN2O. The molecule has 0 aliphatic carbocycles. The fourth-order valence-electron chi connectivity index (χ4n) is 0.928. The molecular weight excluding hydrogens is 176 g/mol. The molecule has 1 atom stereocenters. The normalized spacial score (nSPS) is 11.8. The lowest BCUT2D eigenvalue weighted by Crippen LogP contribution is -2.20. The van der Waals surface area contributed by atoms with Crippen molar-refractivity contribution in [2.24, 2.45) is 11.5 Å². The van der Waals surface area contributed by atoms with Crippen molar-refractivity contribution in [3.8, 4) is 5.75 Å². The highest BCUT2D eigenvalue weighted by Crippen LogP contribution is 2.20. The first-order chi connectivity index (χ1) is 5.25. The maximum absolute atomic E-state index is 9.28. The van der Waals surface area contributed by atoms with Gasteiger partial charge in [0.2, 0.25) is 0 Å². The van der Waals surface area contributed by atoms with E-state index in [0.717, 1.165) is 0 Å². The summed E-state index contributed by atoms with van der Waals surface area (Å²) in [5.74, 6) is 0.213. The van der Waals surface area contributed by atoms with Crippen LogP contribution in [0.25, 0.3) is 0 Å². The van der Waals surface area contributed by atoms with Crippen molar-refractivity contribution in [1.82, 2.24) is 0 Å². The smallest absolute Gasteiger partial charge is 0.120 e. The number of hydrogen-bond acceptors (Lipinski definition) is 3. The highest BCUT2D eigenvalue weighted by Gasteiger charge is 2.06. The number of nitrogens with two attached hydrogens (primary N) is 2. The van der Waals surface area contributed by atoms with Crippen LogP contribution in [0, 0.1) is 0 Å². The van der Waals surface area contributed by atoms with E-state index in [9.17, 15) is 5.11 Å². The van der Waals surface area contributed by atoms with Gasteiger partial charge >= 0.3 is 0 Å². The van der Waals surface area contributed by atoms with Crippen molar-refractivity contribution in [3.05, 3.63) is 29.8 Å². The van der Waals surface area contributed by atoms with Crippen molar-refractivity contribution in [2.45, 2.75) is 6.04 Å². The van der Waals surface area contributed by atoms with Crippen molar-refractivity contribution in [3.63, 3.8) is 0 Å². The van der Waals surface area contributed by atoms with E-state index in [0.29, 0.717) is 12.1 Å². The SMILES string of the molecule is Cl.NC[C@@H](N)c1ccccc1O. The molecule has 1 aromatic rings. The van der Waals surface area contributed by atoms with Gasteiger partial charge in [-0.15, -0.1) is 12.4 Å². The largest absolute Gasteiger partial charge is 0.508 e. The first-order valence-electron chi connectivity index (χ1n) is 3.49. The number of hydrogen-bond donors (Lipinski definition) is 3. The molecule has 0 fully saturated rings. The van der Waals surface area contributed by atoms with E-state index in [4.69, 9.17) is 11.5 Å². The van der Waals surface area contributed by atoms with Gasteiger partial charge in [0, 0.05) is 18.2 Å². The number of halogens is 1. The van der Waals surface area contributed by atoms with Crippen LogP contribution in [-0.4, -0.2) is 11.7 Å². The van der Waals surface area contributed by atoms with Gasteiger partial charge in [0.25, 0.3) is 0 Å². The first-order valence-corrected chi connectivity index (χ1v) is 3.49. The topological polar surface area (TPSA) is 72.3 Å². The predicted octanol–water partition coefficient (Wildman–Crippen LogP) is 0.772. The maximum atomic E-state index is 9.28. The Morgan fingerprint density at radius 3 is 2.42 bits per heavy atom. The van der Waals surface area contributed by atoms with Crippen molar-refractivity contribution >= 4 is 12.4 Å². The van der Waals surface area contributed by atoms with Crippen molar-refractivity contribution in [2.75, 3.05) is 6.54 Å². The van der Waals surface area contributed by atoms with Gasteiger partial charge in [-0.3, -0.25) is 0 Å². The number of para-hydroxylation sites is 1. The number of rotatable bonds is 2. The molecule has 5 N–H and O–H groups in total. The van der Waals surface area contributed by atoms with Gasteiger partial charge in [0.1, 0.15) is 5.75 Å². The Bertz CT molecular complexity index is 242. The minimum absolute atomic E-state index is 0. The second kappa shape index (κ2) is 4.98. The molecule has 1 rings (SSSR count). The third kappa shape index (κ3) is 2.37. The van der Waals surface area contributed by atoms with Crippen molar-refractivity contribution < 1.29 is 5.11 Å². The molecule has 0 heterocycles. The van der Waals surface area contributed by atoms with E-state index in [1.807, 2.05) is 6.07 Å². The molecule has 0 aromatic heterocycles. The van der Waals surface area contributed by atoms with E-state index in [-0.39, 0.29) is 24.2 Å². The third-order valence-corrected chi connectivity index (χ3v) is 1.59. The molecule has 0 unspecified atom stereocenters. The monoisotopic (exact) mass is 188 g/mol. The lowest BCUT2D eigenvalue weighted by molar-refractivity contribution is 0.462. The highest BCUT2D eigenvalue weighted by molar-refractivity contribution is 5.85. The molecule has 0 saturated heterocycles. The van der Waals surface area contributed by atoms with E-state index in [1.54, 1.807) is 18.2 Å². The van der Waals surface area contributed by atoms with Gasteiger partial charge in [0.05, 0.1) is 0 Å². The second-order valence-corrected chi connectivity index (χ2v) is 2.40. The average molecular weight is 189 g/mol. The molecule has 4 heteroatoms. The highest BCUT2D eigenvalue weighted by atomic mass is 35.5. The number of phenolic OH excluding ortho intramolecular Hbond substituents is 1. The van der Waals surface area contributed by atoms with Crippen LogP contribution in [0.4, 0.5) is 0 Å². The molecule has 0 spiro atoms. The third-order valence-electron chi connectivity index (χ3n) is 1.59. The summed E-state index contributed by atoms with van der Waals surface area (Å²) >= 11 is 0. The molecule has 0 saturated carbocycles. The number of aromatic hydroxyl groups is 1. The van der Waals surface area contributed by atoms with Gasteiger partial charge in [-0.25, -0.2) is 0 Å². The zero-order chi connectivity index (χ0) is 8.27. The summed E-state index contributed by atoms with van der Waals surface area (Å²) in [5, 5.41) is 9.28. The predicted molar refractivity (Wildman–Crippen MR) is 51.3 cm³/mol. The van der Waals surface area contributed by atoms with Gasteiger partial charge in [-0.2, -0.15) is 0 Å². The lowest BCUT2D eigenvalue weighted by atomic mass is 10.1. The zero-order valence-corrected chi connectivity index (χ0v) is 7.42. The Hall–Kier alpha value is -0.770. The minimum Gasteiger partial charge on any atom is -0.508 e. The van der Waals surface area contributed by atoms with Crippen molar-refractivity contribution in [1.29, 1.82) is 0 Å². The lowest BCUT2D eigenvalue weighted by Gasteiger charge is -2.09. The second-order valence-electron chi connectivity index (χ2n) is 2.40. The van der Waals surface area contributed by atoms with E-state index < -0.39 is 0 Å². The molecule has 12 heavy (non-hydrogen) atoms. The van der Waals surface area contributed by atoms with Gasteiger partial charge in [0.15, 0.2) is 0 Å².